The molecule has 5 rings (SSSR count). The van der Waals surface area contributed by atoms with Gasteiger partial charge in [0.25, 0.3) is 0 Å². The maximum atomic E-state index is 15.4. The summed E-state index contributed by atoms with van der Waals surface area (Å²) in [6, 6.07) is 11.9. The predicted octanol–water partition coefficient (Wildman–Crippen LogP) is 4.39. The lowest BCUT2D eigenvalue weighted by Gasteiger charge is -2.24. The summed E-state index contributed by atoms with van der Waals surface area (Å²) in [5.74, 6) is -1.94. The number of hydrogen-bond donors (Lipinski definition) is 3. The molecule has 198 valence electrons. The van der Waals surface area contributed by atoms with Crippen LogP contribution in [-0.2, 0) is 16.1 Å². The molecular weight excluding hydrogens is 536 g/mol. The number of anilines is 1. The number of benzene rings is 2. The van der Waals surface area contributed by atoms with Crippen molar-refractivity contribution in [2.75, 3.05) is 11.9 Å². The van der Waals surface area contributed by atoms with Gasteiger partial charge in [-0.1, -0.05) is 41.9 Å². The number of nitrogens with two attached hydrogens (primary N) is 1. The summed E-state index contributed by atoms with van der Waals surface area (Å²) in [7, 11) is 0. The zero-order chi connectivity index (χ0) is 27.1. The molecule has 2 aromatic heterocycles. The third-order valence-corrected chi connectivity index (χ3v) is 7.83. The van der Waals surface area contributed by atoms with Crippen LogP contribution in [0.2, 0.25) is 5.02 Å². The van der Waals surface area contributed by atoms with Gasteiger partial charge in [0.15, 0.2) is 5.82 Å². The van der Waals surface area contributed by atoms with Crippen molar-refractivity contribution in [2.45, 2.75) is 38.3 Å². The second-order valence-electron chi connectivity index (χ2n) is 9.09. The molecule has 0 saturated carbocycles. The molecule has 3 atom stereocenters. The Balaban J connectivity index is 1.37. The Kier molecular flexibility index (Phi) is 7.19. The summed E-state index contributed by atoms with van der Waals surface area (Å²) in [5.41, 5.74) is 7.02. The monoisotopic (exact) mass is 559 g/mol. The lowest BCUT2D eigenvalue weighted by Crippen LogP contribution is -2.44. The number of aliphatic hydroxyl groups excluding tert-OH is 1. The highest BCUT2D eigenvalue weighted by molar-refractivity contribution is 7.19. The van der Waals surface area contributed by atoms with E-state index in [-0.39, 0.29) is 36.5 Å². The molecular formula is C26H24ClF2N5O3S. The molecule has 1 fully saturated rings. The first kappa shape index (κ1) is 26.2. The molecule has 1 aliphatic heterocycles. The molecule has 2 aromatic carbocycles. The van der Waals surface area contributed by atoms with E-state index in [1.807, 2.05) is 13.0 Å². The third kappa shape index (κ3) is 4.90. The molecule has 0 radical (unpaired) electrons. The van der Waals surface area contributed by atoms with Crippen LogP contribution in [0.4, 0.5) is 14.5 Å². The number of fused-ring (bicyclic) bond motifs is 1. The molecule has 4 aromatic rings. The fourth-order valence-electron chi connectivity index (χ4n) is 4.68. The highest BCUT2D eigenvalue weighted by Gasteiger charge is 2.40. The summed E-state index contributed by atoms with van der Waals surface area (Å²) < 4.78 is 31.9. The topological polar surface area (TPSA) is 113 Å². The Bertz CT molecular complexity index is 1540. The summed E-state index contributed by atoms with van der Waals surface area (Å²) in [6.07, 6.45) is -2.97. The van der Waals surface area contributed by atoms with Crippen LogP contribution in [0.3, 0.4) is 0 Å². The van der Waals surface area contributed by atoms with Crippen molar-refractivity contribution < 1.29 is 23.5 Å². The summed E-state index contributed by atoms with van der Waals surface area (Å²) in [6.45, 7) is 1.31. The van der Waals surface area contributed by atoms with E-state index in [2.05, 4.69) is 10.4 Å². The molecule has 0 bridgehead atoms. The fraction of sp³-hybridized carbons (Fsp3) is 0.269. The molecule has 0 spiro atoms. The van der Waals surface area contributed by atoms with E-state index in [1.165, 1.54) is 22.1 Å². The number of aryl methyl sites for hydroxylation is 1. The van der Waals surface area contributed by atoms with E-state index in [1.54, 1.807) is 36.4 Å². The van der Waals surface area contributed by atoms with Gasteiger partial charge < -0.3 is 21.1 Å². The van der Waals surface area contributed by atoms with Gasteiger partial charge in [0.2, 0.25) is 11.8 Å². The molecule has 1 aliphatic rings. The summed E-state index contributed by atoms with van der Waals surface area (Å²) in [4.78, 5) is 28.5. The molecule has 0 aliphatic carbocycles. The average Bonchev–Trinajstić information content (AvgIpc) is 3.54. The maximum absolute atomic E-state index is 15.4. The normalized spacial score (nSPS) is 18.2. The van der Waals surface area contributed by atoms with Crippen molar-refractivity contribution in [3.63, 3.8) is 0 Å². The molecule has 8 nitrogen and oxygen atoms in total. The minimum atomic E-state index is -1.42. The number of carbonyl (C=O) groups excluding carboxylic acids is 2. The fourth-order valence-corrected chi connectivity index (χ4v) is 5.94. The van der Waals surface area contributed by atoms with Gasteiger partial charge in [-0.2, -0.15) is 5.10 Å². The number of nitrogens with zero attached hydrogens (tertiary/aromatic N) is 3. The minimum absolute atomic E-state index is 0.105. The van der Waals surface area contributed by atoms with E-state index in [0.29, 0.717) is 20.8 Å². The smallest absolute Gasteiger partial charge is 0.247 e. The maximum Gasteiger partial charge on any atom is 0.247 e. The number of rotatable bonds is 6. The Hall–Kier alpha value is -3.38. The number of halogens is 3. The van der Waals surface area contributed by atoms with Crippen molar-refractivity contribution in [2.24, 2.45) is 5.73 Å². The lowest BCUT2D eigenvalue weighted by molar-refractivity contribution is -0.137. The quantitative estimate of drug-likeness (QED) is 0.303. The highest BCUT2D eigenvalue weighted by atomic mass is 35.5. The van der Waals surface area contributed by atoms with Crippen molar-refractivity contribution in [3.05, 3.63) is 69.9 Å². The first-order valence-electron chi connectivity index (χ1n) is 11.8. The van der Waals surface area contributed by atoms with Crippen LogP contribution >= 0.6 is 22.9 Å². The molecule has 2 amide bonds. The third-order valence-electron chi connectivity index (χ3n) is 6.43. The zero-order valence-electron chi connectivity index (χ0n) is 20.2. The van der Waals surface area contributed by atoms with E-state index in [4.69, 9.17) is 17.3 Å². The molecule has 12 heteroatoms. The van der Waals surface area contributed by atoms with Gasteiger partial charge in [-0.15, -0.1) is 11.3 Å². The summed E-state index contributed by atoms with van der Waals surface area (Å²) in [5, 5.41) is 17.0. The number of likely N-dealkylation sites (tertiary alicyclic amines) is 1. The Morgan fingerprint density at radius 1 is 1.26 bits per heavy atom. The van der Waals surface area contributed by atoms with Gasteiger partial charge in [0, 0.05) is 27.4 Å². The number of aromatic nitrogens is 2. The number of hydrogen-bond acceptors (Lipinski definition) is 6. The van der Waals surface area contributed by atoms with Crippen LogP contribution in [0.15, 0.2) is 48.5 Å². The Labute approximate surface area is 225 Å². The zero-order valence-corrected chi connectivity index (χ0v) is 21.8. The van der Waals surface area contributed by atoms with Crippen LogP contribution in [0.1, 0.15) is 23.2 Å². The van der Waals surface area contributed by atoms with Crippen molar-refractivity contribution in [1.29, 1.82) is 0 Å². The van der Waals surface area contributed by atoms with Crippen molar-refractivity contribution >= 4 is 50.7 Å². The van der Waals surface area contributed by atoms with Crippen molar-refractivity contribution in [1.82, 2.24) is 14.7 Å². The molecule has 1 saturated heterocycles. The number of aliphatic hydroxyl groups is 1. The van der Waals surface area contributed by atoms with E-state index >= 15 is 4.39 Å². The SMILES string of the molecule is Cc1cc2c(s1)c(C(N)O)nn2CC(=O)N1C[C@H](F)C[C@H]1C(=O)Nc1cccc(-c2ccccc2Cl)c1F. The second-order valence-corrected chi connectivity index (χ2v) is 10.8. The van der Waals surface area contributed by atoms with Gasteiger partial charge >= 0.3 is 0 Å². The average molecular weight is 560 g/mol. The second kappa shape index (κ2) is 10.4. The highest BCUT2D eigenvalue weighted by Crippen LogP contribution is 2.34. The molecule has 1 unspecified atom stereocenters. The predicted molar refractivity (Wildman–Crippen MR) is 142 cm³/mol. The number of nitrogens with one attached hydrogen (secondary N) is 1. The van der Waals surface area contributed by atoms with Gasteiger partial charge in [-0.25, -0.2) is 8.78 Å². The number of carbonyl (C=O) groups is 2. The number of amides is 2. The Morgan fingerprint density at radius 3 is 2.74 bits per heavy atom. The van der Waals surface area contributed by atoms with E-state index < -0.39 is 36.1 Å². The van der Waals surface area contributed by atoms with E-state index in [9.17, 15) is 19.1 Å². The first-order valence-corrected chi connectivity index (χ1v) is 13.0. The van der Waals surface area contributed by atoms with Crippen molar-refractivity contribution in [3.8, 4) is 11.1 Å². The summed E-state index contributed by atoms with van der Waals surface area (Å²) >= 11 is 7.60. The van der Waals surface area contributed by atoms with Gasteiger partial charge in [0.05, 0.1) is 22.4 Å². The van der Waals surface area contributed by atoms with Gasteiger partial charge in [-0.05, 0) is 25.1 Å². The molecule has 4 N–H and O–H groups in total. The van der Waals surface area contributed by atoms with Crippen LogP contribution in [0.5, 0.6) is 0 Å². The Morgan fingerprint density at radius 2 is 2.00 bits per heavy atom. The number of alkyl halides is 1. The first-order chi connectivity index (χ1) is 18.1. The minimum Gasteiger partial charge on any atom is -0.373 e. The van der Waals surface area contributed by atoms with Crippen LogP contribution < -0.4 is 11.1 Å². The number of thiophene rings is 1. The van der Waals surface area contributed by atoms with Crippen LogP contribution in [-0.4, -0.2) is 50.4 Å². The van der Waals surface area contributed by atoms with E-state index in [0.717, 1.165) is 9.78 Å². The lowest BCUT2D eigenvalue weighted by atomic mass is 10.0. The molecule has 3 heterocycles. The van der Waals surface area contributed by atoms with Gasteiger partial charge in [0.1, 0.15) is 30.7 Å². The van der Waals surface area contributed by atoms with Crippen LogP contribution in [0.25, 0.3) is 21.3 Å². The largest absolute Gasteiger partial charge is 0.373 e. The van der Waals surface area contributed by atoms with Crippen LogP contribution in [0, 0.1) is 12.7 Å². The van der Waals surface area contributed by atoms with Gasteiger partial charge in [-0.3, -0.25) is 14.3 Å². The molecule has 38 heavy (non-hydrogen) atoms. The standard InChI is InChI=1S/C26H24ClF2N5O3S/c1-13-9-19-24(38-13)23(25(30)36)32-34(19)12-21(35)33-11-14(28)10-20(33)26(37)31-18-8-4-6-16(22(18)29)15-5-2-3-7-17(15)27/h2-9,14,20,25,36H,10-12,30H2,1H3,(H,31,37)/t14-,20+,25?/m1/s1.